The highest BCUT2D eigenvalue weighted by Crippen LogP contribution is 2.25. The predicted octanol–water partition coefficient (Wildman–Crippen LogP) is 3.55. The van der Waals surface area contributed by atoms with Gasteiger partial charge in [-0.25, -0.2) is 0 Å². The minimum absolute atomic E-state index is 0.173. The fraction of sp³-hybridized carbons (Fsp3) is 0.391. The third-order valence-corrected chi connectivity index (χ3v) is 5.34. The second-order valence-electron chi connectivity index (χ2n) is 7.46. The minimum atomic E-state index is -0.173. The Morgan fingerprint density at radius 3 is 2.59 bits per heavy atom. The highest BCUT2D eigenvalue weighted by atomic mass is 16.6. The lowest BCUT2D eigenvalue weighted by atomic mass is 10.1. The molecular weight excluding hydrogens is 364 g/mol. The van der Waals surface area contributed by atoms with Gasteiger partial charge in [0.25, 0.3) is 0 Å². The van der Waals surface area contributed by atoms with E-state index in [1.807, 2.05) is 6.07 Å². The topological polar surface area (TPSA) is 52.4 Å². The van der Waals surface area contributed by atoms with Crippen LogP contribution >= 0.6 is 0 Å². The Hall–Kier alpha value is -2.70. The summed E-state index contributed by atoms with van der Waals surface area (Å²) in [6.07, 6.45) is 0.734. The maximum absolute atomic E-state index is 5.92. The number of aryl methyl sites for hydroxylation is 2. The Kier molecular flexibility index (Phi) is 6.22. The molecule has 3 aromatic rings. The molecule has 1 aliphatic rings. The molecule has 4 rings (SSSR count). The van der Waals surface area contributed by atoms with Crippen molar-refractivity contribution >= 4 is 5.95 Å². The predicted molar refractivity (Wildman–Crippen MR) is 113 cm³/mol. The first-order valence-electron chi connectivity index (χ1n) is 10.1. The standard InChI is InChI=1S/C23H28N4O2/c1-18-8-6-7-11-20(18)16-26(2)23-25-24-22(21-17-28-14-15-29-21)27(23)13-12-19-9-4-3-5-10-19/h3-11,21H,12-17H2,1-2H3. The van der Waals surface area contributed by atoms with E-state index >= 15 is 0 Å². The van der Waals surface area contributed by atoms with E-state index < -0.39 is 0 Å². The smallest absolute Gasteiger partial charge is 0.227 e. The maximum atomic E-state index is 5.92. The molecule has 0 radical (unpaired) electrons. The number of hydrogen-bond acceptors (Lipinski definition) is 5. The first-order valence-corrected chi connectivity index (χ1v) is 10.1. The van der Waals surface area contributed by atoms with Crippen molar-refractivity contribution < 1.29 is 9.47 Å². The van der Waals surface area contributed by atoms with E-state index in [4.69, 9.17) is 9.47 Å². The normalized spacial score (nSPS) is 16.7. The van der Waals surface area contributed by atoms with Gasteiger partial charge in [0.15, 0.2) is 5.82 Å². The van der Waals surface area contributed by atoms with Gasteiger partial charge < -0.3 is 14.4 Å². The molecule has 152 valence electrons. The number of benzene rings is 2. The zero-order valence-electron chi connectivity index (χ0n) is 17.1. The van der Waals surface area contributed by atoms with Gasteiger partial charge in [-0.3, -0.25) is 4.57 Å². The molecule has 6 heteroatoms. The first-order chi connectivity index (χ1) is 14.2. The number of hydrogen-bond donors (Lipinski definition) is 0. The largest absolute Gasteiger partial charge is 0.376 e. The molecular formula is C23H28N4O2. The monoisotopic (exact) mass is 392 g/mol. The molecule has 0 bridgehead atoms. The summed E-state index contributed by atoms with van der Waals surface area (Å²) in [7, 11) is 2.07. The molecule has 2 aromatic carbocycles. The third-order valence-electron chi connectivity index (χ3n) is 5.34. The van der Waals surface area contributed by atoms with Gasteiger partial charge >= 0.3 is 0 Å². The summed E-state index contributed by atoms with van der Waals surface area (Å²) < 4.78 is 13.7. The molecule has 2 heterocycles. The van der Waals surface area contributed by atoms with Crippen LogP contribution in [0.3, 0.4) is 0 Å². The average molecular weight is 393 g/mol. The van der Waals surface area contributed by atoms with Crippen molar-refractivity contribution in [2.24, 2.45) is 0 Å². The van der Waals surface area contributed by atoms with Crippen molar-refractivity contribution in [2.45, 2.75) is 32.5 Å². The van der Waals surface area contributed by atoms with Crippen LogP contribution in [-0.4, -0.2) is 41.6 Å². The van der Waals surface area contributed by atoms with Gasteiger partial charge in [-0.15, -0.1) is 10.2 Å². The lowest BCUT2D eigenvalue weighted by molar-refractivity contribution is -0.0947. The van der Waals surface area contributed by atoms with Gasteiger partial charge in [-0.2, -0.15) is 0 Å². The molecule has 29 heavy (non-hydrogen) atoms. The van der Waals surface area contributed by atoms with Crippen LogP contribution in [0.15, 0.2) is 54.6 Å². The summed E-state index contributed by atoms with van der Waals surface area (Å²) in [5.74, 6) is 1.70. The molecule has 0 amide bonds. The second-order valence-corrected chi connectivity index (χ2v) is 7.46. The molecule has 1 aromatic heterocycles. The van der Waals surface area contributed by atoms with E-state index in [1.165, 1.54) is 16.7 Å². The van der Waals surface area contributed by atoms with E-state index in [1.54, 1.807) is 0 Å². The second kappa shape index (κ2) is 9.20. The Morgan fingerprint density at radius 2 is 1.83 bits per heavy atom. The van der Waals surface area contributed by atoms with Crippen LogP contribution in [0.2, 0.25) is 0 Å². The van der Waals surface area contributed by atoms with Crippen LogP contribution in [0.25, 0.3) is 0 Å². The number of rotatable bonds is 7. The van der Waals surface area contributed by atoms with E-state index in [9.17, 15) is 0 Å². The third kappa shape index (κ3) is 4.66. The SMILES string of the molecule is Cc1ccccc1CN(C)c1nnc(C2COCCO2)n1CCc1ccccc1. The summed E-state index contributed by atoms with van der Waals surface area (Å²) in [5, 5.41) is 9.04. The van der Waals surface area contributed by atoms with Crippen molar-refractivity contribution in [3.8, 4) is 0 Å². The van der Waals surface area contributed by atoms with Gasteiger partial charge in [0.2, 0.25) is 5.95 Å². The average Bonchev–Trinajstić information content (AvgIpc) is 3.19. The van der Waals surface area contributed by atoms with Crippen molar-refractivity contribution in [3.63, 3.8) is 0 Å². The fourth-order valence-electron chi connectivity index (χ4n) is 3.68. The Labute approximate surface area is 172 Å². The quantitative estimate of drug-likeness (QED) is 0.615. The van der Waals surface area contributed by atoms with Crippen LogP contribution < -0.4 is 4.90 Å². The summed E-state index contributed by atoms with van der Waals surface area (Å²) in [5.41, 5.74) is 3.85. The Balaban J connectivity index is 1.59. The van der Waals surface area contributed by atoms with Crippen molar-refractivity contribution in [3.05, 3.63) is 77.1 Å². The van der Waals surface area contributed by atoms with Gasteiger partial charge in [0.05, 0.1) is 19.8 Å². The summed E-state index contributed by atoms with van der Waals surface area (Å²) in [6.45, 7) is 5.45. The van der Waals surface area contributed by atoms with Crippen LogP contribution in [0.1, 0.15) is 28.6 Å². The molecule has 0 aliphatic carbocycles. The molecule has 0 saturated carbocycles. The summed E-state index contributed by atoms with van der Waals surface area (Å²) in [6, 6.07) is 19.0. The van der Waals surface area contributed by atoms with E-state index in [0.717, 1.165) is 31.3 Å². The molecule has 1 atom stereocenters. The highest BCUT2D eigenvalue weighted by Gasteiger charge is 2.26. The first kappa shape index (κ1) is 19.6. The number of ether oxygens (including phenoxy) is 2. The zero-order valence-corrected chi connectivity index (χ0v) is 17.1. The summed E-state index contributed by atoms with van der Waals surface area (Å²) in [4.78, 5) is 2.16. The lowest BCUT2D eigenvalue weighted by Crippen LogP contribution is -2.27. The minimum Gasteiger partial charge on any atom is -0.376 e. The maximum Gasteiger partial charge on any atom is 0.227 e. The fourth-order valence-corrected chi connectivity index (χ4v) is 3.68. The number of aromatic nitrogens is 3. The lowest BCUT2D eigenvalue weighted by Gasteiger charge is -2.25. The highest BCUT2D eigenvalue weighted by molar-refractivity contribution is 5.35. The van der Waals surface area contributed by atoms with Gasteiger partial charge in [0, 0.05) is 20.1 Å². The molecule has 6 nitrogen and oxygen atoms in total. The van der Waals surface area contributed by atoms with E-state index in [-0.39, 0.29) is 6.10 Å². The number of nitrogens with zero attached hydrogens (tertiary/aromatic N) is 4. The summed E-state index contributed by atoms with van der Waals surface area (Å²) >= 11 is 0. The van der Waals surface area contributed by atoms with Gasteiger partial charge in [-0.05, 0) is 30.0 Å². The van der Waals surface area contributed by atoms with Crippen molar-refractivity contribution in [2.75, 3.05) is 31.8 Å². The molecule has 0 spiro atoms. The molecule has 1 fully saturated rings. The van der Waals surface area contributed by atoms with Gasteiger partial charge in [0.1, 0.15) is 6.10 Å². The van der Waals surface area contributed by atoms with Crippen molar-refractivity contribution in [1.29, 1.82) is 0 Å². The van der Waals surface area contributed by atoms with Crippen LogP contribution in [0.4, 0.5) is 5.95 Å². The van der Waals surface area contributed by atoms with Crippen LogP contribution in [0.5, 0.6) is 0 Å². The molecule has 1 unspecified atom stereocenters. The molecule has 0 N–H and O–H groups in total. The van der Waals surface area contributed by atoms with Crippen LogP contribution in [-0.2, 0) is 29.0 Å². The van der Waals surface area contributed by atoms with E-state index in [0.29, 0.717) is 19.8 Å². The van der Waals surface area contributed by atoms with E-state index in [2.05, 4.69) is 82.2 Å². The Bertz CT molecular complexity index is 920. The van der Waals surface area contributed by atoms with Crippen LogP contribution in [0, 0.1) is 6.92 Å². The molecule has 1 saturated heterocycles. The van der Waals surface area contributed by atoms with Gasteiger partial charge in [-0.1, -0.05) is 54.6 Å². The van der Waals surface area contributed by atoms with Crippen molar-refractivity contribution in [1.82, 2.24) is 14.8 Å². The number of anilines is 1. The molecule has 1 aliphatic heterocycles. The zero-order chi connectivity index (χ0) is 20.1. The Morgan fingerprint density at radius 1 is 1.03 bits per heavy atom.